The van der Waals surface area contributed by atoms with Gasteiger partial charge in [-0.3, -0.25) is 0 Å². The van der Waals surface area contributed by atoms with E-state index in [2.05, 4.69) is 21.9 Å². The van der Waals surface area contributed by atoms with E-state index in [4.69, 9.17) is 5.73 Å². The molecule has 0 aliphatic heterocycles. The summed E-state index contributed by atoms with van der Waals surface area (Å²) >= 11 is 0. The van der Waals surface area contributed by atoms with Gasteiger partial charge < -0.3 is 21.1 Å². The summed E-state index contributed by atoms with van der Waals surface area (Å²) in [5, 5.41) is 6.41. The largest absolute Gasteiger partial charge is 0.573 e. The molecule has 3 aromatic carbocycles. The number of nitrogens with two attached hydrogens (primary N) is 1. The third-order valence-electron chi connectivity index (χ3n) is 4.13. The lowest BCUT2D eigenvalue weighted by Crippen LogP contribution is -2.17. The van der Waals surface area contributed by atoms with Crippen LogP contribution in [0, 0.1) is 0 Å². The third-order valence-corrected chi connectivity index (χ3v) is 4.13. The minimum atomic E-state index is -4.69. The van der Waals surface area contributed by atoms with E-state index in [0.29, 0.717) is 12.2 Å². The summed E-state index contributed by atoms with van der Waals surface area (Å²) in [5.74, 6) is -0.240. The Kier molecular flexibility index (Phi) is 5.97. The summed E-state index contributed by atoms with van der Waals surface area (Å²) in [6, 6.07) is 20.8. The molecule has 3 rings (SSSR count). The second-order valence-electron chi connectivity index (χ2n) is 6.31. The Morgan fingerprint density at radius 3 is 2.21 bits per heavy atom. The Morgan fingerprint density at radius 2 is 1.59 bits per heavy atom. The molecule has 0 radical (unpaired) electrons. The third kappa shape index (κ3) is 5.93. The van der Waals surface area contributed by atoms with Crippen LogP contribution in [-0.2, 0) is 6.54 Å². The first-order chi connectivity index (χ1) is 13.8. The predicted octanol–water partition coefficient (Wildman–Crippen LogP) is 5.86. The predicted molar refractivity (Wildman–Crippen MR) is 110 cm³/mol. The molecule has 0 bridgehead atoms. The fraction of sp³-hybridized carbons (Fsp3) is 0.0909. The molecule has 0 saturated heterocycles. The number of nitrogen functional groups attached to an aromatic ring is 1. The average molecular weight is 399 g/mol. The van der Waals surface area contributed by atoms with Gasteiger partial charge in [-0.25, -0.2) is 0 Å². The Hall–Kier alpha value is -3.61. The lowest BCUT2D eigenvalue weighted by Gasteiger charge is -2.13. The summed E-state index contributed by atoms with van der Waals surface area (Å²) in [7, 11) is 0. The molecule has 0 aromatic heterocycles. The molecule has 0 saturated carbocycles. The number of halogens is 3. The van der Waals surface area contributed by atoms with Crippen molar-refractivity contribution in [2.24, 2.45) is 0 Å². The van der Waals surface area contributed by atoms with E-state index >= 15 is 0 Å². The van der Waals surface area contributed by atoms with Crippen LogP contribution in [0.25, 0.3) is 5.70 Å². The summed E-state index contributed by atoms with van der Waals surface area (Å²) in [6.45, 7) is 4.50. The van der Waals surface area contributed by atoms with Gasteiger partial charge >= 0.3 is 6.36 Å². The van der Waals surface area contributed by atoms with Crippen LogP contribution >= 0.6 is 0 Å². The molecule has 150 valence electrons. The van der Waals surface area contributed by atoms with Crippen LogP contribution in [0.1, 0.15) is 11.1 Å². The van der Waals surface area contributed by atoms with Gasteiger partial charge in [-0.2, -0.15) is 0 Å². The minimum Gasteiger partial charge on any atom is -0.406 e. The first-order valence-corrected chi connectivity index (χ1v) is 8.79. The highest BCUT2D eigenvalue weighted by Crippen LogP contribution is 2.24. The summed E-state index contributed by atoms with van der Waals surface area (Å²) in [6.07, 6.45) is -4.69. The Morgan fingerprint density at radius 1 is 0.931 bits per heavy atom. The van der Waals surface area contributed by atoms with Crippen LogP contribution in [0.2, 0.25) is 0 Å². The first kappa shape index (κ1) is 20.1. The maximum absolute atomic E-state index is 12.2. The monoisotopic (exact) mass is 399 g/mol. The highest BCUT2D eigenvalue weighted by molar-refractivity contribution is 5.81. The van der Waals surface area contributed by atoms with Crippen molar-refractivity contribution in [3.63, 3.8) is 0 Å². The lowest BCUT2D eigenvalue weighted by atomic mass is 10.1. The van der Waals surface area contributed by atoms with Crippen LogP contribution < -0.4 is 21.1 Å². The van der Waals surface area contributed by atoms with Gasteiger partial charge in [0.1, 0.15) is 5.75 Å². The van der Waals surface area contributed by atoms with Crippen molar-refractivity contribution < 1.29 is 17.9 Å². The summed E-state index contributed by atoms with van der Waals surface area (Å²) in [4.78, 5) is 0. The molecular weight excluding hydrogens is 379 g/mol. The number of rotatable bonds is 7. The zero-order chi connectivity index (χ0) is 20.9. The first-order valence-electron chi connectivity index (χ1n) is 8.79. The zero-order valence-corrected chi connectivity index (χ0v) is 15.5. The number of nitrogens with one attached hydrogen (secondary N) is 2. The maximum Gasteiger partial charge on any atom is 0.573 e. The topological polar surface area (TPSA) is 59.3 Å². The highest BCUT2D eigenvalue weighted by Gasteiger charge is 2.30. The van der Waals surface area contributed by atoms with Crippen molar-refractivity contribution in [2.75, 3.05) is 16.4 Å². The van der Waals surface area contributed by atoms with Crippen molar-refractivity contribution in [2.45, 2.75) is 12.9 Å². The molecule has 0 aliphatic rings. The maximum atomic E-state index is 12.2. The summed E-state index contributed by atoms with van der Waals surface area (Å²) < 4.78 is 40.4. The van der Waals surface area contributed by atoms with Gasteiger partial charge in [0.05, 0.1) is 11.4 Å². The molecule has 0 fully saturated rings. The van der Waals surface area contributed by atoms with E-state index in [1.807, 2.05) is 48.5 Å². The lowest BCUT2D eigenvalue weighted by molar-refractivity contribution is -0.274. The molecule has 0 aliphatic carbocycles. The summed E-state index contributed by atoms with van der Waals surface area (Å²) in [5.41, 5.74) is 10.7. The quantitative estimate of drug-likeness (QED) is 0.436. The number of hydrogen-bond acceptors (Lipinski definition) is 4. The number of para-hydroxylation sites is 2. The average Bonchev–Trinajstić information content (AvgIpc) is 2.68. The fourth-order valence-electron chi connectivity index (χ4n) is 2.65. The zero-order valence-electron chi connectivity index (χ0n) is 15.5. The van der Waals surface area contributed by atoms with Crippen molar-refractivity contribution in [3.8, 4) is 5.75 Å². The molecule has 0 atom stereocenters. The Labute approximate surface area is 166 Å². The highest BCUT2D eigenvalue weighted by atomic mass is 19.4. The number of anilines is 3. The SMILES string of the molecule is C=C(Nc1ccccc1N)c1ccc(NCc2ccc(OC(F)(F)F)cc2)cc1. The smallest absolute Gasteiger partial charge is 0.406 e. The van der Waals surface area contributed by atoms with E-state index < -0.39 is 6.36 Å². The van der Waals surface area contributed by atoms with Crippen molar-refractivity contribution >= 4 is 22.8 Å². The molecular formula is C22H20F3N3O. The van der Waals surface area contributed by atoms with Gasteiger partial charge in [0.2, 0.25) is 0 Å². The van der Waals surface area contributed by atoms with Crippen LogP contribution in [0.15, 0.2) is 79.4 Å². The fourth-order valence-corrected chi connectivity index (χ4v) is 2.65. The molecule has 3 aromatic rings. The van der Waals surface area contributed by atoms with Crippen LogP contribution in [0.4, 0.5) is 30.2 Å². The van der Waals surface area contributed by atoms with Gasteiger partial charge in [-0.1, -0.05) is 43.0 Å². The molecule has 0 amide bonds. The van der Waals surface area contributed by atoms with E-state index in [-0.39, 0.29) is 5.75 Å². The van der Waals surface area contributed by atoms with Crippen molar-refractivity contribution in [3.05, 3.63) is 90.5 Å². The molecule has 7 heteroatoms. The molecule has 4 N–H and O–H groups in total. The van der Waals surface area contributed by atoms with Crippen molar-refractivity contribution in [1.82, 2.24) is 0 Å². The molecule has 0 spiro atoms. The normalized spacial score (nSPS) is 11.0. The van der Waals surface area contributed by atoms with Gasteiger partial charge in [-0.05, 0) is 47.5 Å². The molecule has 29 heavy (non-hydrogen) atoms. The van der Waals surface area contributed by atoms with Crippen molar-refractivity contribution in [1.29, 1.82) is 0 Å². The Bertz CT molecular complexity index is 968. The van der Waals surface area contributed by atoms with Gasteiger partial charge in [0.25, 0.3) is 0 Å². The van der Waals surface area contributed by atoms with Crippen LogP contribution in [-0.4, -0.2) is 6.36 Å². The van der Waals surface area contributed by atoms with Gasteiger partial charge in [0.15, 0.2) is 0 Å². The number of ether oxygens (including phenoxy) is 1. The molecule has 4 nitrogen and oxygen atoms in total. The van der Waals surface area contributed by atoms with Gasteiger partial charge in [0, 0.05) is 17.9 Å². The number of hydrogen-bond donors (Lipinski definition) is 3. The Balaban J connectivity index is 1.55. The number of benzene rings is 3. The van der Waals surface area contributed by atoms with Crippen LogP contribution in [0.5, 0.6) is 5.75 Å². The second-order valence-corrected chi connectivity index (χ2v) is 6.31. The van der Waals surface area contributed by atoms with E-state index in [9.17, 15) is 13.2 Å². The van der Waals surface area contributed by atoms with E-state index in [0.717, 1.165) is 28.2 Å². The minimum absolute atomic E-state index is 0.240. The van der Waals surface area contributed by atoms with Crippen LogP contribution in [0.3, 0.4) is 0 Å². The molecule has 0 unspecified atom stereocenters. The second kappa shape index (κ2) is 8.60. The van der Waals surface area contributed by atoms with E-state index in [1.54, 1.807) is 12.1 Å². The van der Waals surface area contributed by atoms with E-state index in [1.165, 1.54) is 12.1 Å². The van der Waals surface area contributed by atoms with Gasteiger partial charge in [-0.15, -0.1) is 13.2 Å². The molecule has 0 heterocycles. The standard InChI is InChI=1S/C22H20F3N3O/c1-15(28-21-5-3-2-4-20(21)26)17-8-10-18(11-9-17)27-14-16-6-12-19(13-7-16)29-22(23,24)25/h2-13,27-28H,1,14,26H2. The number of alkyl halides is 3.